The third-order valence-electron chi connectivity index (χ3n) is 4.68. The number of halogens is 1. The molecule has 8 nitrogen and oxygen atoms in total. The summed E-state index contributed by atoms with van der Waals surface area (Å²) in [5, 5.41) is 15.5. The lowest BCUT2D eigenvalue weighted by Gasteiger charge is -2.07. The number of aromatic nitrogens is 5. The number of benzene rings is 2. The van der Waals surface area contributed by atoms with Gasteiger partial charge in [0.1, 0.15) is 5.82 Å². The summed E-state index contributed by atoms with van der Waals surface area (Å²) in [6, 6.07) is 11.6. The van der Waals surface area contributed by atoms with Gasteiger partial charge < -0.3 is 14.4 Å². The summed E-state index contributed by atoms with van der Waals surface area (Å²) in [4.78, 5) is 16.6. The summed E-state index contributed by atoms with van der Waals surface area (Å²) in [5.74, 6) is 0.556. The van der Waals surface area contributed by atoms with Crippen LogP contribution in [0.15, 0.2) is 52.1 Å². The molecule has 0 bridgehead atoms. The maximum Gasteiger partial charge on any atom is 0.296 e. The van der Waals surface area contributed by atoms with Crippen LogP contribution in [0, 0.1) is 19.7 Å². The van der Waals surface area contributed by atoms with Gasteiger partial charge in [0.25, 0.3) is 5.89 Å². The fraction of sp³-hybridized carbons (Fsp3) is 0.190. The number of rotatable bonds is 6. The number of carbonyl (C=O) groups is 1. The quantitative estimate of drug-likeness (QED) is 0.454. The lowest BCUT2D eigenvalue weighted by molar-refractivity contribution is -0.113. The summed E-state index contributed by atoms with van der Waals surface area (Å²) in [5.41, 5.74) is 3.66. The molecule has 0 atom stereocenters. The van der Waals surface area contributed by atoms with Crippen LogP contribution in [-0.4, -0.2) is 36.6 Å². The maximum atomic E-state index is 13.1. The first kappa shape index (κ1) is 20.7. The predicted molar refractivity (Wildman–Crippen MR) is 115 cm³/mol. The number of carbonyl (C=O) groups excluding carboxylic acids is 1. The summed E-state index contributed by atoms with van der Waals surface area (Å²) in [7, 11) is 1.75. The Morgan fingerprint density at radius 1 is 1.13 bits per heavy atom. The van der Waals surface area contributed by atoms with E-state index in [1.165, 1.54) is 29.5 Å². The number of aryl methyl sites for hydroxylation is 2. The van der Waals surface area contributed by atoms with Crippen molar-refractivity contribution in [1.82, 2.24) is 24.9 Å². The number of hydrogen-bond acceptors (Lipinski definition) is 7. The second-order valence-electron chi connectivity index (χ2n) is 6.93. The first-order chi connectivity index (χ1) is 14.9. The Hall–Kier alpha value is -3.53. The van der Waals surface area contributed by atoms with E-state index >= 15 is 0 Å². The predicted octanol–water partition coefficient (Wildman–Crippen LogP) is 4.02. The first-order valence-electron chi connectivity index (χ1n) is 9.40. The molecule has 2 heterocycles. The summed E-state index contributed by atoms with van der Waals surface area (Å²) < 4.78 is 20.1. The fourth-order valence-corrected chi connectivity index (χ4v) is 3.51. The smallest absolute Gasteiger partial charge is 0.296 e. The molecule has 1 N–H and O–H groups in total. The van der Waals surface area contributed by atoms with Gasteiger partial charge in [-0.2, -0.15) is 4.98 Å². The zero-order chi connectivity index (χ0) is 22.0. The molecule has 0 saturated heterocycles. The molecule has 0 saturated carbocycles. The van der Waals surface area contributed by atoms with Gasteiger partial charge in [0.2, 0.25) is 17.6 Å². The van der Waals surface area contributed by atoms with Crippen molar-refractivity contribution in [2.45, 2.75) is 19.0 Å². The lowest BCUT2D eigenvalue weighted by atomic mass is 10.1. The van der Waals surface area contributed by atoms with E-state index in [9.17, 15) is 9.18 Å². The molecule has 4 aromatic rings. The number of nitrogens with one attached hydrogen (secondary N) is 1. The van der Waals surface area contributed by atoms with Gasteiger partial charge in [0.05, 0.1) is 5.75 Å². The molecule has 4 rings (SSSR count). The van der Waals surface area contributed by atoms with Crippen molar-refractivity contribution < 1.29 is 13.7 Å². The van der Waals surface area contributed by atoms with Gasteiger partial charge in [-0.25, -0.2) is 4.39 Å². The zero-order valence-corrected chi connectivity index (χ0v) is 17.9. The number of amides is 1. The zero-order valence-electron chi connectivity index (χ0n) is 17.1. The summed E-state index contributed by atoms with van der Waals surface area (Å²) >= 11 is 1.25. The van der Waals surface area contributed by atoms with Gasteiger partial charge in [0.15, 0.2) is 5.16 Å². The van der Waals surface area contributed by atoms with Crippen LogP contribution in [0.1, 0.15) is 11.1 Å². The van der Waals surface area contributed by atoms with Crippen molar-refractivity contribution in [3.8, 4) is 23.1 Å². The van der Waals surface area contributed by atoms with E-state index in [-0.39, 0.29) is 23.4 Å². The minimum absolute atomic E-state index is 0.144. The number of anilines is 1. The van der Waals surface area contributed by atoms with E-state index in [2.05, 4.69) is 25.7 Å². The Morgan fingerprint density at radius 2 is 1.90 bits per heavy atom. The molecule has 10 heteroatoms. The molecule has 0 unspecified atom stereocenters. The third kappa shape index (κ3) is 4.64. The van der Waals surface area contributed by atoms with Gasteiger partial charge >= 0.3 is 0 Å². The van der Waals surface area contributed by atoms with Gasteiger partial charge in [0, 0.05) is 18.3 Å². The molecule has 0 spiro atoms. The Morgan fingerprint density at radius 3 is 2.65 bits per heavy atom. The summed E-state index contributed by atoms with van der Waals surface area (Å²) in [6.45, 7) is 4.02. The minimum Gasteiger partial charge on any atom is -0.330 e. The molecule has 0 aliphatic rings. The molecule has 31 heavy (non-hydrogen) atoms. The van der Waals surface area contributed by atoms with E-state index < -0.39 is 0 Å². The van der Waals surface area contributed by atoms with Gasteiger partial charge in [-0.3, -0.25) is 4.79 Å². The van der Waals surface area contributed by atoms with Crippen LogP contribution < -0.4 is 5.32 Å². The molecule has 0 aliphatic carbocycles. The molecule has 2 aromatic heterocycles. The van der Waals surface area contributed by atoms with Crippen LogP contribution in [0.2, 0.25) is 0 Å². The lowest BCUT2D eigenvalue weighted by Crippen LogP contribution is -2.14. The van der Waals surface area contributed by atoms with E-state index in [0.29, 0.717) is 22.4 Å². The average Bonchev–Trinajstić information content (AvgIpc) is 3.36. The average molecular weight is 438 g/mol. The van der Waals surface area contributed by atoms with Gasteiger partial charge in [-0.1, -0.05) is 23.0 Å². The topological polar surface area (TPSA) is 98.7 Å². The van der Waals surface area contributed by atoms with Crippen molar-refractivity contribution in [2.75, 3.05) is 11.1 Å². The van der Waals surface area contributed by atoms with Crippen LogP contribution in [-0.2, 0) is 11.8 Å². The molecule has 1 amide bonds. The fourth-order valence-electron chi connectivity index (χ4n) is 2.80. The second kappa shape index (κ2) is 8.68. The van der Waals surface area contributed by atoms with Crippen molar-refractivity contribution >= 4 is 23.4 Å². The minimum atomic E-state index is -0.344. The number of thioether (sulfide) groups is 1. The molecule has 0 radical (unpaired) electrons. The Labute approximate surface area is 181 Å². The number of nitrogens with zero attached hydrogens (tertiary/aromatic N) is 5. The van der Waals surface area contributed by atoms with Crippen LogP contribution in [0.5, 0.6) is 0 Å². The Kier molecular flexibility index (Phi) is 5.81. The van der Waals surface area contributed by atoms with Crippen LogP contribution in [0.4, 0.5) is 10.1 Å². The van der Waals surface area contributed by atoms with E-state index in [4.69, 9.17) is 4.52 Å². The third-order valence-corrected chi connectivity index (χ3v) is 5.70. The van der Waals surface area contributed by atoms with Crippen LogP contribution in [0.25, 0.3) is 23.1 Å². The van der Waals surface area contributed by atoms with Crippen molar-refractivity contribution in [3.63, 3.8) is 0 Å². The maximum absolute atomic E-state index is 13.1. The molecule has 0 fully saturated rings. The highest BCUT2D eigenvalue weighted by Gasteiger charge is 2.19. The highest BCUT2D eigenvalue weighted by molar-refractivity contribution is 7.99. The first-order valence-corrected chi connectivity index (χ1v) is 10.4. The molecule has 2 aromatic carbocycles. The molecular weight excluding hydrogens is 419 g/mol. The second-order valence-corrected chi connectivity index (χ2v) is 7.87. The molecular formula is C21H19FN6O2S. The standard InChI is InChI=1S/C21H19FN6O2S/c1-12-4-9-16(10-13(12)2)23-17(29)11-31-21-26-25-19(28(21)3)20-24-18(27-30-20)14-5-7-15(22)8-6-14/h4-10H,11H2,1-3H3,(H,23,29). The molecule has 0 aliphatic heterocycles. The van der Waals surface area contributed by atoms with E-state index in [1.54, 1.807) is 23.7 Å². The normalized spacial score (nSPS) is 11.0. The Balaban J connectivity index is 1.42. The van der Waals surface area contributed by atoms with Gasteiger partial charge in [-0.05, 0) is 61.4 Å². The van der Waals surface area contributed by atoms with Gasteiger partial charge in [-0.15, -0.1) is 10.2 Å². The Bertz CT molecular complexity index is 1240. The van der Waals surface area contributed by atoms with Crippen LogP contribution in [0.3, 0.4) is 0 Å². The largest absolute Gasteiger partial charge is 0.330 e. The molecule has 158 valence electrons. The monoisotopic (exact) mass is 438 g/mol. The van der Waals surface area contributed by atoms with Crippen molar-refractivity contribution in [1.29, 1.82) is 0 Å². The highest BCUT2D eigenvalue weighted by atomic mass is 32.2. The van der Waals surface area contributed by atoms with Crippen molar-refractivity contribution in [3.05, 3.63) is 59.4 Å². The van der Waals surface area contributed by atoms with Crippen LogP contribution >= 0.6 is 11.8 Å². The SMILES string of the molecule is Cc1ccc(NC(=O)CSc2nnc(-c3nc(-c4ccc(F)cc4)no3)n2C)cc1C. The van der Waals surface area contributed by atoms with E-state index in [0.717, 1.165) is 11.3 Å². The van der Waals surface area contributed by atoms with Crippen molar-refractivity contribution in [2.24, 2.45) is 7.05 Å². The number of hydrogen-bond donors (Lipinski definition) is 1. The summed E-state index contributed by atoms with van der Waals surface area (Å²) in [6.07, 6.45) is 0. The van der Waals surface area contributed by atoms with E-state index in [1.807, 2.05) is 32.0 Å². The highest BCUT2D eigenvalue weighted by Crippen LogP contribution is 2.24.